The standard InChI is InChI=1S/C50H66O6/c1-30-18-40(48(7,8)9)25-36(45(30)55-28-31(2)51)20-34-23-41(49(10,11)12)24-35(44(34)54)21-38-27-42(50(13,14)15)26-37(46(38)56-29-32(3)52)19-33-22-39(47(4,5)6)16-17-43(33)53/h16-18,22-27,53-54H,19-21,28-29H2,1-15H3. The van der Waals surface area contributed by atoms with E-state index < -0.39 is 0 Å². The Hall–Kier alpha value is -4.58. The predicted octanol–water partition coefficient (Wildman–Crippen LogP) is 11.3. The second-order valence-electron chi connectivity index (χ2n) is 19.9. The quantitative estimate of drug-likeness (QED) is 0.149. The van der Waals surface area contributed by atoms with Gasteiger partial charge in [-0.1, -0.05) is 132 Å². The molecule has 0 spiro atoms. The smallest absolute Gasteiger partial charge is 0.167 e. The fraction of sp³-hybridized carbons (Fsp3) is 0.480. The van der Waals surface area contributed by atoms with Crippen molar-refractivity contribution in [3.05, 3.63) is 116 Å². The molecule has 0 saturated carbocycles. The predicted molar refractivity (Wildman–Crippen MR) is 229 cm³/mol. The third-order valence-corrected chi connectivity index (χ3v) is 10.4. The van der Waals surface area contributed by atoms with E-state index in [0.717, 1.165) is 61.2 Å². The number of Topliss-reactive ketones (excluding diaryl/α,β-unsaturated/α-hetero) is 2. The molecule has 56 heavy (non-hydrogen) atoms. The van der Waals surface area contributed by atoms with Crippen LogP contribution in [0.4, 0.5) is 0 Å². The molecule has 0 atom stereocenters. The first-order chi connectivity index (χ1) is 25.6. The molecule has 4 rings (SSSR count). The van der Waals surface area contributed by atoms with Crippen molar-refractivity contribution < 1.29 is 29.3 Å². The highest BCUT2D eigenvalue weighted by Crippen LogP contribution is 2.41. The minimum atomic E-state index is -0.240. The number of hydrogen-bond donors (Lipinski definition) is 2. The second-order valence-corrected chi connectivity index (χ2v) is 19.9. The molecule has 0 aliphatic carbocycles. The highest BCUT2D eigenvalue weighted by molar-refractivity contribution is 5.77. The molecule has 0 heterocycles. The third-order valence-electron chi connectivity index (χ3n) is 10.4. The molecule has 0 fully saturated rings. The lowest BCUT2D eigenvalue weighted by molar-refractivity contribution is -0.119. The Morgan fingerprint density at radius 2 is 0.821 bits per heavy atom. The van der Waals surface area contributed by atoms with Gasteiger partial charge in [-0.15, -0.1) is 0 Å². The lowest BCUT2D eigenvalue weighted by Gasteiger charge is -2.26. The number of ether oxygens (including phenoxy) is 2. The summed E-state index contributed by atoms with van der Waals surface area (Å²) in [5.74, 6) is 1.48. The fourth-order valence-corrected chi connectivity index (χ4v) is 6.87. The minimum Gasteiger partial charge on any atom is -0.508 e. The van der Waals surface area contributed by atoms with Crippen molar-refractivity contribution in [2.24, 2.45) is 0 Å². The molecule has 0 radical (unpaired) electrons. The van der Waals surface area contributed by atoms with E-state index in [9.17, 15) is 19.8 Å². The Morgan fingerprint density at radius 1 is 0.482 bits per heavy atom. The van der Waals surface area contributed by atoms with E-state index in [-0.39, 0.29) is 57.9 Å². The van der Waals surface area contributed by atoms with Gasteiger partial charge in [-0.2, -0.15) is 0 Å². The topological polar surface area (TPSA) is 93.1 Å². The van der Waals surface area contributed by atoms with Crippen LogP contribution < -0.4 is 9.47 Å². The van der Waals surface area contributed by atoms with E-state index in [4.69, 9.17) is 9.47 Å². The molecule has 2 N–H and O–H groups in total. The van der Waals surface area contributed by atoms with Gasteiger partial charge in [0, 0.05) is 19.3 Å². The van der Waals surface area contributed by atoms with Crippen molar-refractivity contribution in [2.45, 2.75) is 145 Å². The number of phenols is 2. The van der Waals surface area contributed by atoms with Gasteiger partial charge in [-0.05, 0) is 110 Å². The van der Waals surface area contributed by atoms with Gasteiger partial charge >= 0.3 is 0 Å². The van der Waals surface area contributed by atoms with Crippen LogP contribution >= 0.6 is 0 Å². The molecule has 0 aliphatic rings. The highest BCUT2D eigenvalue weighted by Gasteiger charge is 2.26. The summed E-state index contributed by atoms with van der Waals surface area (Å²) in [7, 11) is 0. The fourth-order valence-electron chi connectivity index (χ4n) is 6.87. The molecule has 0 aliphatic heterocycles. The molecule has 0 aromatic heterocycles. The number of phenolic OH excluding ortho intramolecular Hbond substituents is 2. The zero-order valence-electron chi connectivity index (χ0n) is 36.8. The van der Waals surface area contributed by atoms with E-state index in [1.54, 1.807) is 6.07 Å². The molecule has 0 bridgehead atoms. The van der Waals surface area contributed by atoms with Gasteiger partial charge in [-0.3, -0.25) is 9.59 Å². The largest absolute Gasteiger partial charge is 0.508 e. The molecule has 6 heteroatoms. The van der Waals surface area contributed by atoms with Gasteiger partial charge in [0.25, 0.3) is 0 Å². The number of rotatable bonds is 12. The van der Waals surface area contributed by atoms with Crippen molar-refractivity contribution in [3.63, 3.8) is 0 Å². The molecule has 0 amide bonds. The summed E-state index contributed by atoms with van der Waals surface area (Å²) in [5.41, 5.74) is 9.52. The summed E-state index contributed by atoms with van der Waals surface area (Å²) in [4.78, 5) is 24.4. The second kappa shape index (κ2) is 16.5. The first kappa shape index (κ1) is 44.1. The molecule has 302 valence electrons. The molecule has 4 aromatic rings. The maximum atomic E-state index is 12.4. The zero-order chi connectivity index (χ0) is 42.1. The summed E-state index contributed by atoms with van der Waals surface area (Å²) >= 11 is 0. The van der Waals surface area contributed by atoms with Crippen molar-refractivity contribution in [1.29, 1.82) is 0 Å². The van der Waals surface area contributed by atoms with E-state index in [0.29, 0.717) is 30.8 Å². The monoisotopic (exact) mass is 762 g/mol. The third kappa shape index (κ3) is 11.0. The SMILES string of the molecule is CC(=O)COc1c(C)cc(C(C)(C)C)cc1Cc1cc(C(C)(C)C)cc(Cc2cc(C(C)(C)C)cc(Cc3cc(C(C)(C)C)ccc3O)c2OCC(C)=O)c1O. The van der Waals surface area contributed by atoms with Crippen LogP contribution in [0.25, 0.3) is 0 Å². The van der Waals surface area contributed by atoms with Crippen LogP contribution in [-0.2, 0) is 50.5 Å². The summed E-state index contributed by atoms with van der Waals surface area (Å²) < 4.78 is 12.5. The van der Waals surface area contributed by atoms with Crippen molar-refractivity contribution in [3.8, 4) is 23.0 Å². The molecule has 0 saturated heterocycles. The van der Waals surface area contributed by atoms with E-state index in [2.05, 4.69) is 126 Å². The summed E-state index contributed by atoms with van der Waals surface area (Å²) in [6.07, 6.45) is 1.13. The van der Waals surface area contributed by atoms with Gasteiger partial charge in [0.05, 0.1) is 0 Å². The first-order valence-electron chi connectivity index (χ1n) is 19.9. The van der Waals surface area contributed by atoms with Crippen LogP contribution in [0.15, 0.2) is 54.6 Å². The lowest BCUT2D eigenvalue weighted by Crippen LogP contribution is -2.16. The number of benzene rings is 4. The summed E-state index contributed by atoms with van der Waals surface area (Å²) in [6, 6.07) is 18.5. The molecular weight excluding hydrogens is 697 g/mol. The molecule has 6 nitrogen and oxygen atoms in total. The van der Waals surface area contributed by atoms with Gasteiger partial charge < -0.3 is 19.7 Å². The van der Waals surface area contributed by atoms with Gasteiger partial charge in [0.2, 0.25) is 0 Å². The Balaban J connectivity index is 1.97. The lowest BCUT2D eigenvalue weighted by atomic mass is 9.80. The average Bonchev–Trinajstić information content (AvgIpc) is 3.04. The maximum absolute atomic E-state index is 12.4. The van der Waals surface area contributed by atoms with Crippen LogP contribution in [0.3, 0.4) is 0 Å². The van der Waals surface area contributed by atoms with Crippen LogP contribution in [0.5, 0.6) is 23.0 Å². The number of hydrogen-bond acceptors (Lipinski definition) is 6. The number of ketones is 2. The zero-order valence-corrected chi connectivity index (χ0v) is 36.8. The van der Waals surface area contributed by atoms with Crippen molar-refractivity contribution in [2.75, 3.05) is 13.2 Å². The summed E-state index contributed by atoms with van der Waals surface area (Å²) in [6.45, 7) is 30.9. The van der Waals surface area contributed by atoms with Gasteiger partial charge in [0.1, 0.15) is 36.2 Å². The van der Waals surface area contributed by atoms with Gasteiger partial charge in [-0.25, -0.2) is 0 Å². The minimum absolute atomic E-state index is 0.0320. The van der Waals surface area contributed by atoms with E-state index >= 15 is 0 Å². The number of carbonyl (C=O) groups excluding carboxylic acids is 2. The number of aryl methyl sites for hydroxylation is 1. The van der Waals surface area contributed by atoms with E-state index in [1.165, 1.54) is 13.8 Å². The van der Waals surface area contributed by atoms with Crippen molar-refractivity contribution in [1.82, 2.24) is 0 Å². The van der Waals surface area contributed by atoms with Crippen LogP contribution in [-0.4, -0.2) is 35.0 Å². The first-order valence-corrected chi connectivity index (χ1v) is 19.9. The highest BCUT2D eigenvalue weighted by atomic mass is 16.5. The average molecular weight is 763 g/mol. The van der Waals surface area contributed by atoms with Crippen LogP contribution in [0.2, 0.25) is 0 Å². The number of aromatic hydroxyl groups is 2. The Morgan fingerprint density at radius 3 is 1.23 bits per heavy atom. The Kier molecular flexibility index (Phi) is 13.0. The molecular formula is C50H66O6. The normalized spacial score (nSPS) is 12.5. The molecule has 4 aromatic carbocycles. The maximum Gasteiger partial charge on any atom is 0.167 e. The van der Waals surface area contributed by atoms with Gasteiger partial charge in [0.15, 0.2) is 11.6 Å². The van der Waals surface area contributed by atoms with Crippen LogP contribution in [0, 0.1) is 6.92 Å². The summed E-state index contributed by atoms with van der Waals surface area (Å²) in [5, 5.41) is 23.4. The molecule has 0 unspecified atom stereocenters. The van der Waals surface area contributed by atoms with E-state index in [1.807, 2.05) is 13.0 Å². The number of carbonyl (C=O) groups is 2. The Bertz CT molecular complexity index is 2090. The Labute approximate surface area is 336 Å². The van der Waals surface area contributed by atoms with Crippen LogP contribution in [0.1, 0.15) is 158 Å². The van der Waals surface area contributed by atoms with Crippen molar-refractivity contribution >= 4 is 11.6 Å².